The number of anilines is 1. The highest BCUT2D eigenvalue weighted by Gasteiger charge is 2.25. The van der Waals surface area contributed by atoms with Crippen molar-refractivity contribution in [3.8, 4) is 5.82 Å². The molecule has 1 unspecified atom stereocenters. The van der Waals surface area contributed by atoms with Crippen LogP contribution in [-0.2, 0) is 4.79 Å². The van der Waals surface area contributed by atoms with Crippen LogP contribution in [0.5, 0.6) is 0 Å². The van der Waals surface area contributed by atoms with Gasteiger partial charge in [0.25, 0.3) is 0 Å². The quantitative estimate of drug-likeness (QED) is 0.499. The van der Waals surface area contributed by atoms with Crippen molar-refractivity contribution in [2.24, 2.45) is 0 Å². The van der Waals surface area contributed by atoms with Gasteiger partial charge in [0.15, 0.2) is 0 Å². The van der Waals surface area contributed by atoms with E-state index in [0.29, 0.717) is 5.69 Å². The molecule has 2 aromatic heterocycles. The average Bonchev–Trinajstić information content (AvgIpc) is 3.22. The number of nitrogens with zero attached hydrogens (tertiary/aromatic N) is 4. The third-order valence-corrected chi connectivity index (χ3v) is 5.26. The number of hydrogen-bond donors (Lipinski definition) is 1. The van der Waals surface area contributed by atoms with Crippen molar-refractivity contribution in [2.75, 3.05) is 18.4 Å². The molecular weight excluding hydrogens is 374 g/mol. The predicted molar refractivity (Wildman–Crippen MR) is 120 cm³/mol. The van der Waals surface area contributed by atoms with Crippen molar-refractivity contribution in [1.29, 1.82) is 0 Å². The van der Waals surface area contributed by atoms with Crippen LogP contribution in [-0.4, -0.2) is 38.4 Å². The number of likely N-dealkylation sites (N-methyl/N-ethyl adjacent to an activating group) is 1. The van der Waals surface area contributed by atoms with Gasteiger partial charge < -0.3 is 5.32 Å². The van der Waals surface area contributed by atoms with Crippen LogP contribution in [0, 0.1) is 0 Å². The molecule has 2 heterocycles. The number of rotatable bonds is 7. The molecular formula is C24H25N5O. The molecule has 0 aliphatic carbocycles. The van der Waals surface area contributed by atoms with Gasteiger partial charge in [0.05, 0.1) is 22.9 Å². The standard InChI is InChI=1S/C24H25N5O/c1-3-28(4-2)23(18-10-6-5-7-11-18)24(30)27-19-14-15-22(25-16-19)29-17-26-20-12-8-9-13-21(20)29/h5-17,23H,3-4H2,1-2H3,(H,27,30). The molecule has 6 nitrogen and oxygen atoms in total. The smallest absolute Gasteiger partial charge is 0.246 e. The SMILES string of the molecule is CCN(CC)C(C(=O)Nc1ccc(-n2cnc3ccccc32)nc1)c1ccccc1. The Labute approximate surface area is 176 Å². The number of carbonyl (C=O) groups excluding carboxylic acids is 1. The number of hydrogen-bond acceptors (Lipinski definition) is 4. The molecule has 0 saturated carbocycles. The molecule has 4 aromatic rings. The maximum Gasteiger partial charge on any atom is 0.246 e. The first-order valence-electron chi connectivity index (χ1n) is 10.2. The number of amides is 1. The Bertz CT molecular complexity index is 1120. The van der Waals surface area contributed by atoms with Gasteiger partial charge >= 0.3 is 0 Å². The van der Waals surface area contributed by atoms with Gasteiger partial charge in [0.1, 0.15) is 18.2 Å². The van der Waals surface area contributed by atoms with E-state index in [9.17, 15) is 4.79 Å². The number of carbonyl (C=O) groups is 1. The lowest BCUT2D eigenvalue weighted by Crippen LogP contribution is -2.37. The molecule has 0 saturated heterocycles. The first-order valence-corrected chi connectivity index (χ1v) is 10.2. The number of fused-ring (bicyclic) bond motifs is 1. The molecule has 2 aromatic carbocycles. The molecule has 152 valence electrons. The summed E-state index contributed by atoms with van der Waals surface area (Å²) in [4.78, 5) is 24.3. The van der Waals surface area contributed by atoms with Crippen LogP contribution in [0.15, 0.2) is 79.3 Å². The Morgan fingerprint density at radius 3 is 2.40 bits per heavy atom. The van der Waals surface area contributed by atoms with E-state index in [1.54, 1.807) is 12.5 Å². The fraction of sp³-hybridized carbons (Fsp3) is 0.208. The molecule has 0 bridgehead atoms. The third-order valence-electron chi connectivity index (χ3n) is 5.26. The molecule has 0 fully saturated rings. The molecule has 6 heteroatoms. The number of pyridine rings is 1. The molecule has 1 N–H and O–H groups in total. The Morgan fingerprint density at radius 2 is 1.70 bits per heavy atom. The van der Waals surface area contributed by atoms with Gasteiger partial charge in [0.2, 0.25) is 5.91 Å². The second kappa shape index (κ2) is 8.88. The fourth-order valence-electron chi connectivity index (χ4n) is 3.71. The van der Waals surface area contributed by atoms with E-state index in [1.165, 1.54) is 0 Å². The summed E-state index contributed by atoms with van der Waals surface area (Å²) >= 11 is 0. The van der Waals surface area contributed by atoms with E-state index in [-0.39, 0.29) is 11.9 Å². The summed E-state index contributed by atoms with van der Waals surface area (Å²) < 4.78 is 1.93. The van der Waals surface area contributed by atoms with Crippen molar-refractivity contribution in [1.82, 2.24) is 19.4 Å². The molecule has 0 aliphatic rings. The van der Waals surface area contributed by atoms with E-state index in [1.807, 2.05) is 71.3 Å². The average molecular weight is 399 g/mol. The van der Waals surface area contributed by atoms with E-state index in [0.717, 1.165) is 35.5 Å². The van der Waals surface area contributed by atoms with Crippen LogP contribution in [0.25, 0.3) is 16.9 Å². The summed E-state index contributed by atoms with van der Waals surface area (Å²) in [7, 11) is 0. The minimum atomic E-state index is -0.349. The topological polar surface area (TPSA) is 63.1 Å². The van der Waals surface area contributed by atoms with Crippen LogP contribution in [0.2, 0.25) is 0 Å². The highest BCUT2D eigenvalue weighted by atomic mass is 16.2. The van der Waals surface area contributed by atoms with E-state index >= 15 is 0 Å². The highest BCUT2D eigenvalue weighted by molar-refractivity contribution is 5.95. The van der Waals surface area contributed by atoms with Gasteiger partial charge in [-0.2, -0.15) is 0 Å². The lowest BCUT2D eigenvalue weighted by Gasteiger charge is -2.29. The maximum absolute atomic E-state index is 13.2. The molecule has 4 rings (SSSR count). The van der Waals surface area contributed by atoms with Gasteiger partial charge in [-0.25, -0.2) is 9.97 Å². The van der Waals surface area contributed by atoms with E-state index < -0.39 is 0 Å². The van der Waals surface area contributed by atoms with Crippen LogP contribution in [0.3, 0.4) is 0 Å². The lowest BCUT2D eigenvalue weighted by atomic mass is 10.0. The summed E-state index contributed by atoms with van der Waals surface area (Å²) in [5.41, 5.74) is 3.56. The molecule has 30 heavy (non-hydrogen) atoms. The van der Waals surface area contributed by atoms with Crippen molar-refractivity contribution < 1.29 is 4.79 Å². The van der Waals surface area contributed by atoms with Gasteiger partial charge in [0, 0.05) is 0 Å². The minimum absolute atomic E-state index is 0.0625. The summed E-state index contributed by atoms with van der Waals surface area (Å²) in [6.07, 6.45) is 3.45. The molecule has 1 atom stereocenters. The Balaban J connectivity index is 1.56. The van der Waals surface area contributed by atoms with Crippen molar-refractivity contribution in [3.63, 3.8) is 0 Å². The lowest BCUT2D eigenvalue weighted by molar-refractivity contribution is -0.121. The summed E-state index contributed by atoms with van der Waals surface area (Å²) in [5.74, 6) is 0.692. The number of aromatic nitrogens is 3. The summed E-state index contributed by atoms with van der Waals surface area (Å²) in [6, 6.07) is 21.2. The number of para-hydroxylation sites is 2. The summed E-state index contributed by atoms with van der Waals surface area (Å²) in [6.45, 7) is 5.71. The second-order valence-electron chi connectivity index (χ2n) is 7.03. The van der Waals surface area contributed by atoms with Crippen LogP contribution in [0.4, 0.5) is 5.69 Å². The molecule has 1 amide bonds. The Morgan fingerprint density at radius 1 is 0.967 bits per heavy atom. The monoisotopic (exact) mass is 399 g/mol. The van der Waals surface area contributed by atoms with E-state index in [4.69, 9.17) is 0 Å². The van der Waals surface area contributed by atoms with Crippen molar-refractivity contribution >= 4 is 22.6 Å². The van der Waals surface area contributed by atoms with Gasteiger partial charge in [-0.3, -0.25) is 14.3 Å². The normalized spacial score (nSPS) is 12.2. The maximum atomic E-state index is 13.2. The zero-order valence-corrected chi connectivity index (χ0v) is 17.2. The largest absolute Gasteiger partial charge is 0.323 e. The highest BCUT2D eigenvalue weighted by Crippen LogP contribution is 2.23. The van der Waals surface area contributed by atoms with Crippen molar-refractivity contribution in [2.45, 2.75) is 19.9 Å². The molecule has 0 spiro atoms. The second-order valence-corrected chi connectivity index (χ2v) is 7.03. The first kappa shape index (κ1) is 19.8. The van der Waals surface area contributed by atoms with Crippen LogP contribution < -0.4 is 5.32 Å². The third kappa shape index (κ3) is 3.95. The van der Waals surface area contributed by atoms with Gasteiger partial charge in [-0.15, -0.1) is 0 Å². The molecule has 0 radical (unpaired) electrons. The van der Waals surface area contributed by atoms with Crippen LogP contribution >= 0.6 is 0 Å². The minimum Gasteiger partial charge on any atom is -0.323 e. The predicted octanol–water partition coefficient (Wildman–Crippen LogP) is 4.44. The molecule has 0 aliphatic heterocycles. The number of nitrogens with one attached hydrogen (secondary N) is 1. The van der Waals surface area contributed by atoms with Crippen LogP contribution in [0.1, 0.15) is 25.5 Å². The Hall–Kier alpha value is -3.51. The van der Waals surface area contributed by atoms with Crippen molar-refractivity contribution in [3.05, 3.63) is 84.8 Å². The summed E-state index contributed by atoms with van der Waals surface area (Å²) in [5, 5.41) is 3.03. The van der Waals surface area contributed by atoms with Gasteiger partial charge in [-0.1, -0.05) is 56.3 Å². The zero-order chi connectivity index (χ0) is 20.9. The zero-order valence-electron chi connectivity index (χ0n) is 17.2. The number of imidazole rings is 1. The fourth-order valence-corrected chi connectivity index (χ4v) is 3.71. The first-order chi connectivity index (χ1) is 14.7. The number of benzene rings is 2. The Kier molecular flexibility index (Phi) is 5.86. The van der Waals surface area contributed by atoms with E-state index in [2.05, 4.69) is 34.0 Å². The van der Waals surface area contributed by atoms with Gasteiger partial charge in [-0.05, 0) is 42.9 Å².